The number of hydrogen-bond donors (Lipinski definition) is 1. The minimum atomic E-state index is -0.852. The molecule has 0 aliphatic heterocycles. The van der Waals surface area contributed by atoms with Gasteiger partial charge in [0.15, 0.2) is 0 Å². The van der Waals surface area contributed by atoms with Gasteiger partial charge >= 0.3 is 5.97 Å². The van der Waals surface area contributed by atoms with Crippen LogP contribution in [0.4, 0.5) is 0 Å². The Hall–Kier alpha value is -1.03. The highest BCUT2D eigenvalue weighted by atomic mass is 79.9. The molecule has 1 unspecified atom stereocenters. The van der Waals surface area contributed by atoms with E-state index in [-0.39, 0.29) is 0 Å². The van der Waals surface area contributed by atoms with Gasteiger partial charge in [0.1, 0.15) is 5.75 Å². The molecule has 82 valence electrons. The van der Waals surface area contributed by atoms with Gasteiger partial charge in [-0.25, -0.2) is 0 Å². The Morgan fingerprint density at radius 3 is 2.60 bits per heavy atom. The maximum Gasteiger partial charge on any atom is 0.310 e. The summed E-state index contributed by atoms with van der Waals surface area (Å²) in [6.45, 7) is 3.53. The van der Waals surface area contributed by atoms with Gasteiger partial charge in [0.25, 0.3) is 0 Å². The average Bonchev–Trinajstić information content (AvgIpc) is 2.20. The molecule has 0 saturated carbocycles. The lowest BCUT2D eigenvalue weighted by Gasteiger charge is -2.16. The Morgan fingerprint density at radius 2 is 2.13 bits per heavy atom. The predicted molar refractivity (Wildman–Crippen MR) is 61.5 cm³/mol. The summed E-state index contributed by atoms with van der Waals surface area (Å²) < 4.78 is 6.06. The first-order valence-corrected chi connectivity index (χ1v) is 5.34. The summed E-state index contributed by atoms with van der Waals surface area (Å²) in [6.07, 6.45) is 0. The molecule has 1 atom stereocenters. The monoisotopic (exact) mass is 272 g/mol. The van der Waals surface area contributed by atoms with Crippen LogP contribution in [0, 0.1) is 6.92 Å². The molecule has 4 heteroatoms. The third kappa shape index (κ3) is 2.31. The van der Waals surface area contributed by atoms with Crippen LogP contribution >= 0.6 is 15.9 Å². The van der Waals surface area contributed by atoms with Gasteiger partial charge in [-0.2, -0.15) is 0 Å². The van der Waals surface area contributed by atoms with Crippen molar-refractivity contribution < 1.29 is 14.6 Å². The first kappa shape index (κ1) is 12.0. The van der Waals surface area contributed by atoms with Crippen LogP contribution in [-0.4, -0.2) is 18.2 Å². The van der Waals surface area contributed by atoms with Crippen LogP contribution < -0.4 is 4.74 Å². The summed E-state index contributed by atoms with van der Waals surface area (Å²) in [4.78, 5) is 11.0. The zero-order valence-electron chi connectivity index (χ0n) is 8.87. The first-order chi connectivity index (χ1) is 6.99. The number of carboxylic acids is 1. The second-order valence-corrected chi connectivity index (χ2v) is 4.20. The van der Waals surface area contributed by atoms with Crippen LogP contribution in [0.5, 0.6) is 5.75 Å². The largest absolute Gasteiger partial charge is 0.496 e. The Morgan fingerprint density at radius 1 is 1.53 bits per heavy atom. The van der Waals surface area contributed by atoms with Gasteiger partial charge in [-0.15, -0.1) is 0 Å². The highest BCUT2D eigenvalue weighted by Crippen LogP contribution is 2.34. The minimum Gasteiger partial charge on any atom is -0.496 e. The summed E-state index contributed by atoms with van der Waals surface area (Å²) in [5.74, 6) is -0.808. The van der Waals surface area contributed by atoms with Crippen LogP contribution in [0.25, 0.3) is 0 Å². The molecular formula is C11H13BrO3. The lowest BCUT2D eigenvalue weighted by atomic mass is 9.95. The molecular weight excluding hydrogens is 260 g/mol. The van der Waals surface area contributed by atoms with Crippen LogP contribution in [0.15, 0.2) is 16.6 Å². The number of hydrogen-bond acceptors (Lipinski definition) is 2. The highest BCUT2D eigenvalue weighted by Gasteiger charge is 2.21. The third-order valence-electron chi connectivity index (χ3n) is 2.43. The molecule has 1 aromatic carbocycles. The number of aliphatic carboxylic acids is 1. The highest BCUT2D eigenvalue weighted by molar-refractivity contribution is 9.10. The van der Waals surface area contributed by atoms with Crippen LogP contribution in [0.2, 0.25) is 0 Å². The number of carbonyl (C=O) groups is 1. The molecule has 0 aliphatic carbocycles. The molecule has 0 aromatic heterocycles. The lowest BCUT2D eigenvalue weighted by Crippen LogP contribution is -2.10. The van der Waals surface area contributed by atoms with Gasteiger partial charge in [0.2, 0.25) is 0 Å². The van der Waals surface area contributed by atoms with E-state index in [1.54, 1.807) is 20.1 Å². The molecule has 0 heterocycles. The quantitative estimate of drug-likeness (QED) is 0.920. The van der Waals surface area contributed by atoms with Crippen molar-refractivity contribution in [3.05, 3.63) is 27.7 Å². The third-order valence-corrected chi connectivity index (χ3v) is 3.29. The second-order valence-electron chi connectivity index (χ2n) is 3.35. The Bertz CT molecular complexity index is 388. The molecule has 0 bridgehead atoms. The molecule has 15 heavy (non-hydrogen) atoms. The van der Waals surface area contributed by atoms with Gasteiger partial charge < -0.3 is 9.84 Å². The van der Waals surface area contributed by atoms with Crippen molar-refractivity contribution in [1.82, 2.24) is 0 Å². The number of rotatable bonds is 3. The van der Waals surface area contributed by atoms with Crippen LogP contribution in [-0.2, 0) is 4.79 Å². The molecule has 1 rings (SSSR count). The number of ether oxygens (including phenoxy) is 1. The summed E-state index contributed by atoms with van der Waals surface area (Å²) >= 11 is 3.38. The van der Waals surface area contributed by atoms with Crippen molar-refractivity contribution in [2.24, 2.45) is 0 Å². The van der Waals surface area contributed by atoms with Crippen molar-refractivity contribution in [3.63, 3.8) is 0 Å². The van der Waals surface area contributed by atoms with Crippen molar-refractivity contribution in [3.8, 4) is 5.75 Å². The smallest absolute Gasteiger partial charge is 0.310 e. The van der Waals surface area contributed by atoms with Gasteiger partial charge in [-0.3, -0.25) is 4.79 Å². The molecule has 0 fully saturated rings. The van der Waals surface area contributed by atoms with E-state index in [9.17, 15) is 4.79 Å². The molecule has 0 radical (unpaired) electrons. The molecule has 0 aliphatic rings. The second kappa shape index (κ2) is 4.66. The van der Waals surface area contributed by atoms with Gasteiger partial charge in [0, 0.05) is 10.0 Å². The summed E-state index contributed by atoms with van der Waals surface area (Å²) in [6, 6.07) is 3.62. The SMILES string of the molecule is COc1ccc(Br)c(C)c1C(C)C(=O)O. The molecule has 1 N–H and O–H groups in total. The van der Waals surface area contributed by atoms with E-state index in [2.05, 4.69) is 15.9 Å². The van der Waals surface area contributed by atoms with E-state index in [4.69, 9.17) is 9.84 Å². The van der Waals surface area contributed by atoms with Crippen molar-refractivity contribution in [1.29, 1.82) is 0 Å². The van der Waals surface area contributed by atoms with Crippen molar-refractivity contribution in [2.75, 3.05) is 7.11 Å². The fourth-order valence-electron chi connectivity index (χ4n) is 1.52. The zero-order valence-corrected chi connectivity index (χ0v) is 10.5. The molecule has 0 amide bonds. The van der Waals surface area contributed by atoms with Gasteiger partial charge in [0.05, 0.1) is 13.0 Å². The van der Waals surface area contributed by atoms with E-state index in [1.807, 2.05) is 13.0 Å². The van der Waals surface area contributed by atoms with Crippen LogP contribution in [0.1, 0.15) is 24.0 Å². The standard InChI is InChI=1S/C11H13BrO3/c1-6-8(12)4-5-9(15-3)10(6)7(2)11(13)14/h4-5,7H,1-3H3,(H,13,14). The normalized spacial score (nSPS) is 12.3. The fraction of sp³-hybridized carbons (Fsp3) is 0.364. The predicted octanol–water partition coefficient (Wildman–Crippen LogP) is 2.95. The fourth-order valence-corrected chi connectivity index (χ4v) is 1.86. The first-order valence-electron chi connectivity index (χ1n) is 4.54. The number of methoxy groups -OCH3 is 1. The van der Waals surface area contributed by atoms with Gasteiger partial charge in [-0.05, 0) is 31.5 Å². The molecule has 1 aromatic rings. The summed E-state index contributed by atoms with van der Waals surface area (Å²) in [7, 11) is 1.54. The summed E-state index contributed by atoms with van der Waals surface area (Å²) in [5.41, 5.74) is 1.63. The van der Waals surface area contributed by atoms with Crippen molar-refractivity contribution >= 4 is 21.9 Å². The van der Waals surface area contributed by atoms with E-state index in [1.165, 1.54) is 0 Å². The topological polar surface area (TPSA) is 46.5 Å². The Kier molecular flexibility index (Phi) is 3.74. The average molecular weight is 273 g/mol. The van der Waals surface area contributed by atoms with E-state index in [0.29, 0.717) is 5.75 Å². The molecule has 3 nitrogen and oxygen atoms in total. The molecule has 0 saturated heterocycles. The Balaban J connectivity index is 3.35. The maximum absolute atomic E-state index is 11.0. The van der Waals surface area contributed by atoms with Crippen molar-refractivity contribution in [2.45, 2.75) is 19.8 Å². The number of halogens is 1. The maximum atomic E-state index is 11.0. The number of benzene rings is 1. The summed E-state index contributed by atoms with van der Waals surface area (Å²) in [5, 5.41) is 9.00. The zero-order chi connectivity index (χ0) is 11.6. The number of carboxylic acid groups (broad SMARTS) is 1. The van der Waals surface area contributed by atoms with E-state index >= 15 is 0 Å². The van der Waals surface area contributed by atoms with Crippen LogP contribution in [0.3, 0.4) is 0 Å². The molecule has 0 spiro atoms. The Labute approximate surface area is 97.2 Å². The van der Waals surface area contributed by atoms with E-state index < -0.39 is 11.9 Å². The van der Waals surface area contributed by atoms with E-state index in [0.717, 1.165) is 15.6 Å². The minimum absolute atomic E-state index is 0.572. The van der Waals surface area contributed by atoms with Gasteiger partial charge in [-0.1, -0.05) is 15.9 Å². The lowest BCUT2D eigenvalue weighted by molar-refractivity contribution is -0.138.